The van der Waals surface area contributed by atoms with E-state index < -0.39 is 0 Å². The van der Waals surface area contributed by atoms with E-state index in [-0.39, 0.29) is 0 Å². The summed E-state index contributed by atoms with van der Waals surface area (Å²) < 4.78 is 0. The Hall–Kier alpha value is -0.805. The fourth-order valence-corrected chi connectivity index (χ4v) is 1.46. The van der Waals surface area contributed by atoms with E-state index in [1.54, 1.807) is 0 Å². The smallest absolute Gasteiger partial charge is 0.106 e. The molecule has 2 radical (unpaired) electrons. The molecule has 0 heterocycles. The van der Waals surface area contributed by atoms with Crippen molar-refractivity contribution in [2.45, 2.75) is 6.92 Å². The Kier molecular flexibility index (Phi) is 3.51. The molecule has 0 bridgehead atoms. The van der Waals surface area contributed by atoms with Crippen molar-refractivity contribution in [1.29, 1.82) is 0 Å². The van der Waals surface area contributed by atoms with Crippen LogP contribution in [0.3, 0.4) is 0 Å². The van der Waals surface area contributed by atoms with Crippen LogP contribution in [0.1, 0.15) is 6.92 Å². The quantitative estimate of drug-likeness (QED) is 0.441. The Morgan fingerprint density at radius 1 is 1.54 bits per heavy atom. The lowest BCUT2D eigenvalue weighted by atomic mass is 9.92. The van der Waals surface area contributed by atoms with E-state index in [9.17, 15) is 0 Å². The number of hydrogen-bond donors (Lipinski definition) is 0. The van der Waals surface area contributed by atoms with Crippen LogP contribution in [0.2, 0.25) is 0 Å². The molecule has 0 aromatic heterocycles. The summed E-state index contributed by atoms with van der Waals surface area (Å²) in [5.74, 6) is 0. The lowest BCUT2D eigenvalue weighted by molar-refractivity contribution is 1.55. The molecule has 0 saturated carbocycles. The maximum absolute atomic E-state index is 5.84. The molecule has 1 aromatic rings. The minimum absolute atomic E-state index is 0.762. The maximum Gasteiger partial charge on any atom is 0.114 e. The molecule has 1 atom stereocenters. The Balaban J connectivity index is 3.47. The van der Waals surface area contributed by atoms with Gasteiger partial charge in [-0.25, -0.2) is 0 Å². The first-order valence-electron chi connectivity index (χ1n) is 4.12. The Morgan fingerprint density at radius 3 is 2.77 bits per heavy atom. The van der Waals surface area contributed by atoms with E-state index in [1.165, 1.54) is 0 Å². The lowest BCUT2D eigenvalue weighted by Crippen LogP contribution is -2.27. The third kappa shape index (κ3) is 2.57. The molecule has 13 heavy (non-hydrogen) atoms. The lowest BCUT2D eigenvalue weighted by Gasteiger charge is -1.96. The molecule has 1 rings (SSSR count). The van der Waals surface area contributed by atoms with E-state index in [2.05, 4.69) is 15.8 Å². The molecular formula is C11H12BP. The van der Waals surface area contributed by atoms with Crippen molar-refractivity contribution in [2.75, 3.05) is 0 Å². The predicted octanol–water partition coefficient (Wildman–Crippen LogP) is 0.450. The molecule has 0 N–H and O–H groups in total. The molecule has 0 saturated heterocycles. The van der Waals surface area contributed by atoms with Crippen LogP contribution in [0, 0.1) is 0 Å². The van der Waals surface area contributed by atoms with Crippen LogP contribution >= 0.6 is 9.24 Å². The highest BCUT2D eigenvalue weighted by Crippen LogP contribution is 1.87. The third-order valence-electron chi connectivity index (χ3n) is 1.79. The molecule has 2 heteroatoms. The van der Waals surface area contributed by atoms with Gasteiger partial charge in [-0.1, -0.05) is 36.3 Å². The zero-order valence-corrected chi connectivity index (χ0v) is 8.90. The summed E-state index contributed by atoms with van der Waals surface area (Å²) in [7, 11) is 8.48. The number of benzene rings is 1. The van der Waals surface area contributed by atoms with Gasteiger partial charge in [0.2, 0.25) is 0 Å². The van der Waals surface area contributed by atoms with Gasteiger partial charge in [0.25, 0.3) is 0 Å². The van der Waals surface area contributed by atoms with Crippen molar-refractivity contribution in [2.24, 2.45) is 0 Å². The average Bonchev–Trinajstić information content (AvgIpc) is 2.04. The summed E-state index contributed by atoms with van der Waals surface area (Å²) in [4.78, 5) is 0. The van der Waals surface area contributed by atoms with E-state index in [0.717, 1.165) is 21.2 Å². The molecule has 0 amide bonds. The second kappa shape index (κ2) is 4.44. The summed E-state index contributed by atoms with van der Waals surface area (Å²) in [6.45, 7) is 5.88. The van der Waals surface area contributed by atoms with E-state index in [0.29, 0.717) is 0 Å². The van der Waals surface area contributed by atoms with E-state index in [4.69, 9.17) is 7.85 Å². The van der Waals surface area contributed by atoms with Gasteiger partial charge in [-0.2, -0.15) is 0 Å². The second-order valence-electron chi connectivity index (χ2n) is 2.87. The Morgan fingerprint density at radius 2 is 2.23 bits per heavy atom. The topological polar surface area (TPSA) is 0 Å². The first kappa shape index (κ1) is 10.3. The normalized spacial score (nSPS) is 13.4. The molecule has 0 aliphatic rings. The van der Waals surface area contributed by atoms with Crippen molar-refractivity contribution < 1.29 is 0 Å². The van der Waals surface area contributed by atoms with E-state index in [1.807, 2.05) is 37.3 Å². The highest BCUT2D eigenvalue weighted by atomic mass is 31.0. The monoisotopic (exact) mass is 186 g/mol. The van der Waals surface area contributed by atoms with Crippen LogP contribution in [0.4, 0.5) is 0 Å². The zero-order valence-electron chi connectivity index (χ0n) is 7.75. The third-order valence-corrected chi connectivity index (χ3v) is 2.15. The van der Waals surface area contributed by atoms with Crippen molar-refractivity contribution in [3.8, 4) is 0 Å². The zero-order chi connectivity index (χ0) is 9.84. The molecule has 0 spiro atoms. The van der Waals surface area contributed by atoms with Gasteiger partial charge in [0.05, 0.1) is 0 Å². The Labute approximate surface area is 82.7 Å². The van der Waals surface area contributed by atoms with Crippen LogP contribution in [-0.2, 0) is 0 Å². The van der Waals surface area contributed by atoms with Gasteiger partial charge in [-0.05, 0) is 28.7 Å². The molecule has 0 aliphatic carbocycles. The SMILES string of the molecule is [B]C(/C=C\C)=c1\ccc(P)cc1=C. The first-order chi connectivity index (χ1) is 6.15. The molecule has 1 aromatic carbocycles. The van der Waals surface area contributed by atoms with Gasteiger partial charge in [0, 0.05) is 0 Å². The standard InChI is InChI=1S/C11H12BP/c1-3-4-11(12)10-6-5-9(13)7-8(10)2/h3-7H,2,13H2,1H3/b4-3-,11-10+. The molecule has 0 nitrogen and oxygen atoms in total. The maximum atomic E-state index is 5.84. The van der Waals surface area contributed by atoms with E-state index >= 15 is 0 Å². The fourth-order valence-electron chi connectivity index (χ4n) is 1.16. The van der Waals surface area contributed by atoms with Crippen LogP contribution < -0.4 is 15.7 Å². The summed E-state index contributed by atoms with van der Waals surface area (Å²) in [6.07, 6.45) is 3.80. The summed E-state index contributed by atoms with van der Waals surface area (Å²) >= 11 is 0. The van der Waals surface area contributed by atoms with Gasteiger partial charge in [-0.3, -0.25) is 0 Å². The van der Waals surface area contributed by atoms with Gasteiger partial charge in [0.15, 0.2) is 0 Å². The second-order valence-corrected chi connectivity index (χ2v) is 3.54. The fraction of sp³-hybridized carbons (Fsp3) is 0.0909. The molecule has 1 unspecified atom stereocenters. The number of allylic oxidation sites excluding steroid dienone is 2. The van der Waals surface area contributed by atoms with Crippen LogP contribution in [0.25, 0.3) is 12.1 Å². The number of hydrogen-bond acceptors (Lipinski definition) is 0. The van der Waals surface area contributed by atoms with Crippen molar-refractivity contribution in [3.63, 3.8) is 0 Å². The molecular weight excluding hydrogens is 174 g/mol. The van der Waals surface area contributed by atoms with Crippen LogP contribution in [0.15, 0.2) is 30.4 Å². The van der Waals surface area contributed by atoms with Crippen molar-refractivity contribution in [1.82, 2.24) is 0 Å². The summed E-state index contributed by atoms with van der Waals surface area (Å²) in [5.41, 5.74) is 0.762. The summed E-state index contributed by atoms with van der Waals surface area (Å²) in [6, 6.07) is 5.99. The molecule has 0 aliphatic heterocycles. The van der Waals surface area contributed by atoms with Crippen molar-refractivity contribution >= 4 is 34.4 Å². The van der Waals surface area contributed by atoms with Gasteiger partial charge >= 0.3 is 0 Å². The first-order valence-corrected chi connectivity index (χ1v) is 4.70. The van der Waals surface area contributed by atoms with Crippen LogP contribution in [-0.4, -0.2) is 7.85 Å². The highest BCUT2D eigenvalue weighted by molar-refractivity contribution is 7.27. The average molecular weight is 186 g/mol. The number of rotatable bonds is 1. The van der Waals surface area contributed by atoms with Gasteiger partial charge in [0.1, 0.15) is 7.85 Å². The van der Waals surface area contributed by atoms with Crippen LogP contribution in [0.5, 0.6) is 0 Å². The van der Waals surface area contributed by atoms with Gasteiger partial charge in [-0.15, -0.1) is 9.24 Å². The summed E-state index contributed by atoms with van der Waals surface area (Å²) in [5, 5.41) is 3.09. The largest absolute Gasteiger partial charge is 0.114 e. The highest BCUT2D eigenvalue weighted by Gasteiger charge is 1.88. The molecule has 64 valence electrons. The van der Waals surface area contributed by atoms with Gasteiger partial charge < -0.3 is 0 Å². The minimum atomic E-state index is 0.762. The van der Waals surface area contributed by atoms with Crippen molar-refractivity contribution in [3.05, 3.63) is 40.8 Å². The predicted molar refractivity (Wildman–Crippen MR) is 64.5 cm³/mol. The minimum Gasteiger partial charge on any atom is -0.106 e. The molecule has 0 fully saturated rings. The Bertz CT molecular complexity index is 432.